The van der Waals surface area contributed by atoms with Crippen molar-refractivity contribution in [3.8, 4) is 11.3 Å². The van der Waals surface area contributed by atoms with Crippen LogP contribution in [0, 0.1) is 11.8 Å². The van der Waals surface area contributed by atoms with Gasteiger partial charge in [-0.1, -0.05) is 0 Å². The summed E-state index contributed by atoms with van der Waals surface area (Å²) in [7, 11) is 0. The third kappa shape index (κ3) is 4.61. The van der Waals surface area contributed by atoms with Crippen LogP contribution in [-0.2, 0) is 17.7 Å². The highest BCUT2D eigenvalue weighted by atomic mass is 16.5. The number of aromatic nitrogens is 4. The molecule has 0 bridgehead atoms. The molecule has 1 saturated heterocycles. The molecule has 3 aliphatic rings. The molecule has 7 nitrogen and oxygen atoms in total. The van der Waals surface area contributed by atoms with Crippen LogP contribution in [0.15, 0.2) is 18.5 Å². The summed E-state index contributed by atoms with van der Waals surface area (Å²) in [6, 6.07) is 2.78. The summed E-state index contributed by atoms with van der Waals surface area (Å²) in [5, 5.41) is 8.29. The lowest BCUT2D eigenvalue weighted by atomic mass is 9.92. The molecule has 1 atom stereocenters. The Morgan fingerprint density at radius 2 is 1.97 bits per heavy atom. The van der Waals surface area contributed by atoms with Crippen LogP contribution in [0.2, 0.25) is 0 Å². The summed E-state index contributed by atoms with van der Waals surface area (Å²) in [5.74, 6) is 2.09. The van der Waals surface area contributed by atoms with E-state index in [4.69, 9.17) is 20.6 Å². The van der Waals surface area contributed by atoms with Crippen LogP contribution in [0.4, 0.5) is 5.95 Å². The molecule has 0 aromatic carbocycles. The average Bonchev–Trinajstić information content (AvgIpc) is 3.24. The summed E-state index contributed by atoms with van der Waals surface area (Å²) >= 11 is 0. The number of ether oxygens (including phenoxy) is 1. The lowest BCUT2D eigenvalue weighted by molar-refractivity contribution is 0.181. The van der Waals surface area contributed by atoms with Crippen LogP contribution in [-0.4, -0.2) is 45.0 Å². The van der Waals surface area contributed by atoms with Crippen LogP contribution in [0.25, 0.3) is 11.3 Å². The monoisotopic (exact) mass is 396 g/mol. The van der Waals surface area contributed by atoms with Crippen LogP contribution in [0.1, 0.15) is 50.6 Å². The summed E-state index contributed by atoms with van der Waals surface area (Å²) in [5.41, 5.74) is 9.49. The highest BCUT2D eigenvalue weighted by molar-refractivity contribution is 5.62. The highest BCUT2D eigenvalue weighted by Gasteiger charge is 2.27. The lowest BCUT2D eigenvalue weighted by Gasteiger charge is -2.26. The zero-order valence-electron chi connectivity index (χ0n) is 17.1. The van der Waals surface area contributed by atoms with E-state index in [9.17, 15) is 0 Å². The minimum absolute atomic E-state index is 0.349. The highest BCUT2D eigenvalue weighted by Crippen LogP contribution is 2.36. The molecular formula is C22H32N6O. The number of hydrogen-bond acceptors (Lipinski definition) is 6. The molecule has 3 N–H and O–H groups in total. The van der Waals surface area contributed by atoms with Gasteiger partial charge in [0.25, 0.3) is 0 Å². The van der Waals surface area contributed by atoms with E-state index in [1.54, 1.807) is 0 Å². The van der Waals surface area contributed by atoms with Gasteiger partial charge in [-0.25, -0.2) is 9.97 Å². The second-order valence-electron chi connectivity index (χ2n) is 9.09. The van der Waals surface area contributed by atoms with E-state index in [0.717, 1.165) is 81.4 Å². The van der Waals surface area contributed by atoms with Crippen molar-refractivity contribution in [2.45, 2.75) is 70.0 Å². The van der Waals surface area contributed by atoms with Crippen LogP contribution in [0.5, 0.6) is 0 Å². The molecule has 0 amide bonds. The molecule has 29 heavy (non-hydrogen) atoms. The van der Waals surface area contributed by atoms with Crippen molar-refractivity contribution in [2.75, 3.05) is 18.5 Å². The van der Waals surface area contributed by atoms with Gasteiger partial charge in [-0.05, 0) is 63.4 Å². The Balaban J connectivity index is 1.36. The first-order valence-corrected chi connectivity index (χ1v) is 11.2. The predicted octanol–water partition coefficient (Wildman–Crippen LogP) is 3.01. The predicted molar refractivity (Wildman–Crippen MR) is 112 cm³/mol. The fraction of sp³-hybridized carbons (Fsp3) is 0.682. The molecule has 2 aromatic heterocycles. The topological polar surface area (TPSA) is 90.9 Å². The Labute approximate surface area is 172 Å². The van der Waals surface area contributed by atoms with Gasteiger partial charge in [0.1, 0.15) is 0 Å². The molecule has 3 fully saturated rings. The number of nitrogens with zero attached hydrogens (tertiary/aromatic N) is 4. The standard InChI is InChI=1S/C22H32N6O/c23-17-3-5-18(6-4-17)26-22-24-9-7-20(27-22)19-12-25-28(13-16-8-10-29-14-16)21(19)11-15-1-2-15/h7,9,12,15-18H,1-6,8,10-11,13-14,23H2,(H,24,26,27). The minimum Gasteiger partial charge on any atom is -0.381 e. The molecule has 2 aliphatic carbocycles. The maximum absolute atomic E-state index is 6.04. The van der Waals surface area contributed by atoms with Crippen molar-refractivity contribution in [1.29, 1.82) is 0 Å². The second-order valence-corrected chi connectivity index (χ2v) is 9.09. The van der Waals surface area contributed by atoms with Gasteiger partial charge in [0.05, 0.1) is 18.5 Å². The molecule has 1 aliphatic heterocycles. The third-order valence-corrected chi connectivity index (χ3v) is 6.62. The third-order valence-electron chi connectivity index (χ3n) is 6.62. The van der Waals surface area contributed by atoms with Gasteiger partial charge in [0.2, 0.25) is 5.95 Å². The van der Waals surface area contributed by atoms with Crippen LogP contribution >= 0.6 is 0 Å². The van der Waals surface area contributed by atoms with Gasteiger partial charge in [0.15, 0.2) is 0 Å². The molecule has 156 valence electrons. The van der Waals surface area contributed by atoms with Crippen molar-refractivity contribution < 1.29 is 4.74 Å². The van der Waals surface area contributed by atoms with Crippen LogP contribution in [0.3, 0.4) is 0 Å². The largest absolute Gasteiger partial charge is 0.381 e. The van der Waals surface area contributed by atoms with Crippen LogP contribution < -0.4 is 11.1 Å². The number of rotatable bonds is 7. The molecule has 7 heteroatoms. The Morgan fingerprint density at radius 1 is 1.10 bits per heavy atom. The van der Waals surface area contributed by atoms with Gasteiger partial charge in [-0.3, -0.25) is 4.68 Å². The summed E-state index contributed by atoms with van der Waals surface area (Å²) in [4.78, 5) is 9.33. The Hall–Kier alpha value is -1.99. The van der Waals surface area contributed by atoms with Gasteiger partial charge < -0.3 is 15.8 Å². The molecule has 5 rings (SSSR count). The van der Waals surface area contributed by atoms with Crippen molar-refractivity contribution in [2.24, 2.45) is 17.6 Å². The van der Waals surface area contributed by atoms with Crippen molar-refractivity contribution in [3.63, 3.8) is 0 Å². The average molecular weight is 397 g/mol. The van der Waals surface area contributed by atoms with Crippen molar-refractivity contribution in [3.05, 3.63) is 24.2 Å². The van der Waals surface area contributed by atoms with Gasteiger partial charge in [-0.15, -0.1) is 0 Å². The normalized spacial score (nSPS) is 27.3. The molecule has 1 unspecified atom stereocenters. The van der Waals surface area contributed by atoms with E-state index in [1.165, 1.54) is 18.5 Å². The smallest absolute Gasteiger partial charge is 0.223 e. The van der Waals surface area contributed by atoms with E-state index in [0.29, 0.717) is 18.0 Å². The first-order chi connectivity index (χ1) is 14.2. The van der Waals surface area contributed by atoms with E-state index >= 15 is 0 Å². The molecule has 2 aromatic rings. The molecule has 3 heterocycles. The van der Waals surface area contributed by atoms with Gasteiger partial charge in [0, 0.05) is 48.6 Å². The quantitative estimate of drug-likeness (QED) is 0.748. The molecule has 0 spiro atoms. The van der Waals surface area contributed by atoms with E-state index in [2.05, 4.69) is 15.0 Å². The van der Waals surface area contributed by atoms with Gasteiger partial charge in [-0.2, -0.15) is 5.10 Å². The number of nitrogens with two attached hydrogens (primary N) is 1. The Bertz CT molecular complexity index is 818. The maximum atomic E-state index is 6.04. The summed E-state index contributed by atoms with van der Waals surface area (Å²) in [6.07, 6.45) is 13.1. The van der Waals surface area contributed by atoms with E-state index in [-0.39, 0.29) is 0 Å². The first-order valence-electron chi connectivity index (χ1n) is 11.2. The first kappa shape index (κ1) is 19.0. The number of nitrogens with one attached hydrogen (secondary N) is 1. The SMILES string of the molecule is NC1CCC(Nc2nccc(-c3cnn(CC4CCOC4)c3CC3CC3)n2)CC1. The zero-order valence-corrected chi connectivity index (χ0v) is 17.1. The number of anilines is 1. The fourth-order valence-electron chi connectivity index (χ4n) is 4.59. The van der Waals surface area contributed by atoms with Gasteiger partial charge >= 0.3 is 0 Å². The second kappa shape index (κ2) is 8.40. The fourth-order valence-corrected chi connectivity index (χ4v) is 4.59. The minimum atomic E-state index is 0.349. The molecular weight excluding hydrogens is 364 g/mol. The zero-order chi connectivity index (χ0) is 19.6. The van der Waals surface area contributed by atoms with Crippen molar-refractivity contribution >= 4 is 5.95 Å². The van der Waals surface area contributed by atoms with E-state index in [1.807, 2.05) is 18.5 Å². The summed E-state index contributed by atoms with van der Waals surface area (Å²) < 4.78 is 7.78. The summed E-state index contributed by atoms with van der Waals surface area (Å²) in [6.45, 7) is 2.68. The number of hydrogen-bond donors (Lipinski definition) is 2. The lowest BCUT2D eigenvalue weighted by Crippen LogP contribution is -2.33. The Morgan fingerprint density at radius 3 is 2.72 bits per heavy atom. The van der Waals surface area contributed by atoms with Crippen molar-refractivity contribution in [1.82, 2.24) is 19.7 Å². The maximum Gasteiger partial charge on any atom is 0.223 e. The molecule has 0 radical (unpaired) electrons. The Kier molecular flexibility index (Phi) is 5.50. The molecule has 2 saturated carbocycles. The van der Waals surface area contributed by atoms with E-state index < -0.39 is 0 Å².